The fourth-order valence-electron chi connectivity index (χ4n) is 4.71. The molecule has 3 aliphatic rings. The average Bonchev–Trinajstić information content (AvgIpc) is 3.61. The summed E-state index contributed by atoms with van der Waals surface area (Å²) in [4.78, 5) is 31.8. The Morgan fingerprint density at radius 2 is 1.84 bits per heavy atom. The third-order valence-electron chi connectivity index (χ3n) is 6.86. The molecular weight excluding hydrogens is 396 g/mol. The number of rotatable bonds is 5. The lowest BCUT2D eigenvalue weighted by molar-refractivity contribution is -0.146. The number of anilines is 1. The van der Waals surface area contributed by atoms with Crippen molar-refractivity contribution in [2.24, 2.45) is 0 Å². The maximum atomic E-state index is 13.0. The Hall–Kier alpha value is -2.65. The highest BCUT2D eigenvalue weighted by atomic mass is 16.5. The van der Waals surface area contributed by atoms with Gasteiger partial charge in [0.25, 0.3) is 5.91 Å². The van der Waals surface area contributed by atoms with Crippen molar-refractivity contribution < 1.29 is 14.3 Å². The van der Waals surface area contributed by atoms with E-state index in [2.05, 4.69) is 25.3 Å². The van der Waals surface area contributed by atoms with Crippen molar-refractivity contribution in [3.05, 3.63) is 42.2 Å². The van der Waals surface area contributed by atoms with Gasteiger partial charge in [-0.1, -0.05) is 0 Å². The van der Waals surface area contributed by atoms with Crippen molar-refractivity contribution in [2.45, 2.75) is 55.8 Å². The van der Waals surface area contributed by atoms with Gasteiger partial charge < -0.3 is 19.7 Å². The van der Waals surface area contributed by atoms with Gasteiger partial charge in [0.2, 0.25) is 5.95 Å². The average molecular weight is 425 g/mol. The van der Waals surface area contributed by atoms with E-state index in [-0.39, 0.29) is 23.2 Å². The van der Waals surface area contributed by atoms with Crippen LogP contribution < -0.4 is 5.32 Å². The number of likely N-dealkylation sites (tertiary alicyclic amines) is 1. The summed E-state index contributed by atoms with van der Waals surface area (Å²) in [5.41, 5.74) is 1.18. The zero-order valence-electron chi connectivity index (χ0n) is 17.8. The molecule has 3 fully saturated rings. The number of carbonyl (C=O) groups excluding carboxylic acids is 1. The second kappa shape index (κ2) is 8.12. The predicted octanol–water partition coefficient (Wildman–Crippen LogP) is 2.17. The maximum Gasteiger partial charge on any atom is 0.256 e. The highest BCUT2D eigenvalue weighted by Gasteiger charge is 2.45. The van der Waals surface area contributed by atoms with Crippen molar-refractivity contribution in [2.75, 3.05) is 32.1 Å². The van der Waals surface area contributed by atoms with Crippen LogP contribution in [0, 0.1) is 0 Å². The number of hydrogen-bond acceptors (Lipinski definition) is 8. The molecule has 0 radical (unpaired) electrons. The summed E-state index contributed by atoms with van der Waals surface area (Å²) in [5, 5.41) is 3.38. The quantitative estimate of drug-likeness (QED) is 0.779. The van der Waals surface area contributed by atoms with Gasteiger partial charge in [0.1, 0.15) is 6.33 Å². The molecule has 1 amide bonds. The van der Waals surface area contributed by atoms with Gasteiger partial charge in [-0.15, -0.1) is 0 Å². The third-order valence-corrected chi connectivity index (χ3v) is 6.86. The molecule has 164 valence electrons. The Bertz CT molecular complexity index is 911. The van der Waals surface area contributed by atoms with Crippen LogP contribution in [0.15, 0.2) is 31.1 Å². The van der Waals surface area contributed by atoms with Crippen LogP contribution in [0.25, 0.3) is 0 Å². The molecule has 1 spiro atoms. The lowest BCUT2D eigenvalue weighted by Gasteiger charge is -2.45. The van der Waals surface area contributed by atoms with Crippen molar-refractivity contribution in [3.63, 3.8) is 0 Å². The number of hydrogen-bond donors (Lipinski definition) is 1. The van der Waals surface area contributed by atoms with Gasteiger partial charge in [0.15, 0.2) is 0 Å². The lowest BCUT2D eigenvalue weighted by Crippen LogP contribution is -2.52. The summed E-state index contributed by atoms with van der Waals surface area (Å²) in [6.45, 7) is 2.07. The Morgan fingerprint density at radius 1 is 1.13 bits per heavy atom. The van der Waals surface area contributed by atoms with E-state index in [9.17, 15) is 4.79 Å². The number of nitrogens with zero attached hydrogens (tertiary/aromatic N) is 5. The molecule has 1 saturated carbocycles. The monoisotopic (exact) mass is 424 g/mol. The van der Waals surface area contributed by atoms with Crippen LogP contribution in [0.5, 0.6) is 0 Å². The molecule has 1 aliphatic carbocycles. The summed E-state index contributed by atoms with van der Waals surface area (Å²) in [6.07, 6.45) is 14.1. The van der Waals surface area contributed by atoms with Gasteiger partial charge in [-0.05, 0) is 32.1 Å². The molecule has 31 heavy (non-hydrogen) atoms. The minimum Gasteiger partial charge on any atom is -0.381 e. The Morgan fingerprint density at radius 3 is 2.48 bits per heavy atom. The van der Waals surface area contributed by atoms with Gasteiger partial charge in [0, 0.05) is 63.6 Å². The summed E-state index contributed by atoms with van der Waals surface area (Å²) in [7, 11) is 1.76. The van der Waals surface area contributed by atoms with Crippen molar-refractivity contribution in [1.82, 2.24) is 24.8 Å². The van der Waals surface area contributed by atoms with Gasteiger partial charge in [-0.2, -0.15) is 0 Å². The van der Waals surface area contributed by atoms with Crippen LogP contribution >= 0.6 is 0 Å². The number of aromatic nitrogens is 4. The second-order valence-corrected chi connectivity index (χ2v) is 8.80. The fourth-order valence-corrected chi connectivity index (χ4v) is 4.71. The number of methoxy groups -OCH3 is 1. The Kier molecular flexibility index (Phi) is 5.31. The molecule has 0 aromatic carbocycles. The zero-order chi connectivity index (χ0) is 21.3. The zero-order valence-corrected chi connectivity index (χ0v) is 17.8. The van der Waals surface area contributed by atoms with Gasteiger partial charge in [-0.25, -0.2) is 19.9 Å². The van der Waals surface area contributed by atoms with E-state index in [1.807, 2.05) is 17.3 Å². The van der Waals surface area contributed by atoms with Crippen molar-refractivity contribution in [1.29, 1.82) is 0 Å². The van der Waals surface area contributed by atoms with Crippen LogP contribution in [0.3, 0.4) is 0 Å². The molecule has 2 aliphatic heterocycles. The SMILES string of the molecule is COC1CCOC2(CCN(C(=O)c3cnc(NC4(c5cncnc5)CC4)nc3)CC2)C1. The molecule has 1 unspecified atom stereocenters. The summed E-state index contributed by atoms with van der Waals surface area (Å²) < 4.78 is 11.7. The molecule has 9 heteroatoms. The molecular formula is C22H28N6O3. The lowest BCUT2D eigenvalue weighted by atomic mass is 9.83. The Balaban J connectivity index is 1.19. The number of carbonyl (C=O) groups is 1. The fraction of sp³-hybridized carbons (Fsp3) is 0.591. The molecule has 2 saturated heterocycles. The van der Waals surface area contributed by atoms with Crippen LogP contribution in [0.2, 0.25) is 0 Å². The van der Waals surface area contributed by atoms with E-state index in [1.54, 1.807) is 19.5 Å². The van der Waals surface area contributed by atoms with Crippen LogP contribution in [-0.4, -0.2) is 69.3 Å². The smallest absolute Gasteiger partial charge is 0.256 e. The number of ether oxygens (including phenoxy) is 2. The molecule has 0 bridgehead atoms. The molecule has 2 aromatic heterocycles. The number of amides is 1. The first-order chi connectivity index (χ1) is 15.1. The first-order valence-electron chi connectivity index (χ1n) is 10.9. The maximum absolute atomic E-state index is 13.0. The van der Waals surface area contributed by atoms with E-state index in [0.29, 0.717) is 24.6 Å². The van der Waals surface area contributed by atoms with E-state index >= 15 is 0 Å². The third kappa shape index (κ3) is 4.12. The normalized spacial score (nSPS) is 24.0. The van der Waals surface area contributed by atoms with E-state index < -0.39 is 0 Å². The molecule has 5 rings (SSSR count). The molecule has 9 nitrogen and oxygen atoms in total. The first-order valence-corrected chi connectivity index (χ1v) is 10.9. The van der Waals surface area contributed by atoms with Crippen LogP contribution in [0.1, 0.15) is 54.4 Å². The Labute approximate surface area is 181 Å². The van der Waals surface area contributed by atoms with Crippen molar-refractivity contribution >= 4 is 11.9 Å². The first kappa shape index (κ1) is 20.3. The van der Waals surface area contributed by atoms with Crippen molar-refractivity contribution in [3.8, 4) is 0 Å². The molecule has 4 heterocycles. The van der Waals surface area contributed by atoms with Crippen LogP contribution in [0.4, 0.5) is 5.95 Å². The number of piperidine rings is 1. The summed E-state index contributed by atoms with van der Waals surface area (Å²) in [5.74, 6) is 0.481. The van der Waals surface area contributed by atoms with E-state index in [1.165, 1.54) is 6.33 Å². The standard InChI is InChI=1S/C22H28N6O3/c1-30-18-2-9-31-21(10-18)5-7-28(8-6-21)19(29)16-11-25-20(26-12-16)27-22(3-4-22)17-13-23-15-24-14-17/h11-15,18H,2-10H2,1H3,(H,25,26,27). The second-order valence-electron chi connectivity index (χ2n) is 8.80. The summed E-state index contributed by atoms with van der Waals surface area (Å²) in [6, 6.07) is 0. The minimum absolute atomic E-state index is 0.0295. The van der Waals surface area contributed by atoms with E-state index in [4.69, 9.17) is 9.47 Å². The van der Waals surface area contributed by atoms with Gasteiger partial charge >= 0.3 is 0 Å². The minimum atomic E-state index is -0.200. The van der Waals surface area contributed by atoms with Gasteiger partial charge in [-0.3, -0.25) is 4.79 Å². The summed E-state index contributed by atoms with van der Waals surface area (Å²) >= 11 is 0. The topological polar surface area (TPSA) is 102 Å². The predicted molar refractivity (Wildman–Crippen MR) is 112 cm³/mol. The molecule has 1 N–H and O–H groups in total. The highest BCUT2D eigenvalue weighted by molar-refractivity contribution is 5.93. The largest absolute Gasteiger partial charge is 0.381 e. The number of nitrogens with one attached hydrogen (secondary N) is 1. The highest BCUT2D eigenvalue weighted by Crippen LogP contribution is 2.47. The van der Waals surface area contributed by atoms with Gasteiger partial charge in [0.05, 0.1) is 22.8 Å². The van der Waals surface area contributed by atoms with E-state index in [0.717, 1.165) is 50.7 Å². The van der Waals surface area contributed by atoms with Crippen LogP contribution in [-0.2, 0) is 15.0 Å². The molecule has 1 atom stereocenters. The molecule has 2 aromatic rings.